The van der Waals surface area contributed by atoms with Crippen LogP contribution in [0.25, 0.3) is 0 Å². The third-order valence-corrected chi connectivity index (χ3v) is 6.45. The van der Waals surface area contributed by atoms with Gasteiger partial charge < -0.3 is 14.4 Å². The highest BCUT2D eigenvalue weighted by atomic mass is 16.6. The van der Waals surface area contributed by atoms with E-state index in [0.717, 1.165) is 44.2 Å². The van der Waals surface area contributed by atoms with Gasteiger partial charge in [-0.25, -0.2) is 0 Å². The van der Waals surface area contributed by atoms with Crippen molar-refractivity contribution in [2.75, 3.05) is 57.4 Å². The van der Waals surface area contributed by atoms with Gasteiger partial charge in [-0.15, -0.1) is 0 Å². The summed E-state index contributed by atoms with van der Waals surface area (Å²) in [5.74, 6) is 1.78. The molecule has 2 aromatic carbocycles. The Labute approximate surface area is 173 Å². The molecular weight excluding hydrogens is 362 g/mol. The second-order valence-electron chi connectivity index (χ2n) is 8.37. The molecule has 3 heterocycles. The van der Waals surface area contributed by atoms with Crippen LogP contribution in [-0.4, -0.2) is 68.3 Å². The molecule has 0 unspecified atom stereocenters. The zero-order valence-corrected chi connectivity index (χ0v) is 17.1. The van der Waals surface area contributed by atoms with E-state index < -0.39 is 0 Å². The van der Waals surface area contributed by atoms with E-state index in [9.17, 15) is 0 Å². The van der Waals surface area contributed by atoms with Crippen molar-refractivity contribution in [1.82, 2.24) is 9.80 Å². The van der Waals surface area contributed by atoms with Crippen molar-refractivity contribution in [2.24, 2.45) is 0 Å². The van der Waals surface area contributed by atoms with Crippen LogP contribution in [0.4, 0.5) is 5.69 Å². The summed E-state index contributed by atoms with van der Waals surface area (Å²) in [4.78, 5) is 7.85. The van der Waals surface area contributed by atoms with E-state index in [4.69, 9.17) is 9.47 Å². The minimum Gasteiger partial charge on any atom is -0.486 e. The third kappa shape index (κ3) is 4.36. The highest BCUT2D eigenvalue weighted by molar-refractivity contribution is 5.46. The van der Waals surface area contributed by atoms with Gasteiger partial charge in [-0.05, 0) is 49.2 Å². The molecular formula is C24H31N3O2. The van der Waals surface area contributed by atoms with Gasteiger partial charge in [0, 0.05) is 51.0 Å². The molecule has 2 aromatic rings. The molecule has 3 aliphatic heterocycles. The summed E-state index contributed by atoms with van der Waals surface area (Å²) in [6, 6.07) is 17.9. The van der Waals surface area contributed by atoms with Crippen LogP contribution in [0.15, 0.2) is 48.5 Å². The molecule has 1 atom stereocenters. The van der Waals surface area contributed by atoms with E-state index >= 15 is 0 Å². The van der Waals surface area contributed by atoms with Crippen molar-refractivity contribution in [3.8, 4) is 11.5 Å². The summed E-state index contributed by atoms with van der Waals surface area (Å²) < 4.78 is 11.4. The Kier molecular flexibility index (Phi) is 5.59. The summed E-state index contributed by atoms with van der Waals surface area (Å²) in [6.07, 6.45) is 2.61. The summed E-state index contributed by atoms with van der Waals surface area (Å²) in [6.45, 7) is 9.24. The van der Waals surface area contributed by atoms with E-state index in [0.29, 0.717) is 19.3 Å². The molecule has 0 bridgehead atoms. The number of rotatable bonds is 4. The van der Waals surface area contributed by atoms with Crippen molar-refractivity contribution < 1.29 is 9.47 Å². The predicted molar refractivity (Wildman–Crippen MR) is 116 cm³/mol. The van der Waals surface area contributed by atoms with Crippen LogP contribution in [0.1, 0.15) is 18.4 Å². The molecule has 5 nitrogen and oxygen atoms in total. The number of anilines is 1. The van der Waals surface area contributed by atoms with Crippen molar-refractivity contribution in [2.45, 2.75) is 25.4 Å². The number of piperazine rings is 1. The number of fused-ring (bicyclic) bond motifs is 1. The van der Waals surface area contributed by atoms with Gasteiger partial charge >= 0.3 is 0 Å². The Morgan fingerprint density at radius 2 is 1.62 bits per heavy atom. The molecule has 5 rings (SSSR count). The lowest BCUT2D eigenvalue weighted by molar-refractivity contribution is 0.0886. The number of hydrogen-bond acceptors (Lipinski definition) is 5. The number of benzene rings is 2. The second-order valence-corrected chi connectivity index (χ2v) is 8.37. The highest BCUT2D eigenvalue weighted by Crippen LogP contribution is 2.31. The zero-order valence-electron chi connectivity index (χ0n) is 17.1. The summed E-state index contributed by atoms with van der Waals surface area (Å²) in [7, 11) is 0. The first-order valence-corrected chi connectivity index (χ1v) is 11.0. The maximum absolute atomic E-state index is 5.76. The monoisotopic (exact) mass is 393 g/mol. The maximum atomic E-state index is 5.76. The van der Waals surface area contributed by atoms with Crippen LogP contribution in [0.2, 0.25) is 0 Å². The lowest BCUT2D eigenvalue weighted by Crippen LogP contribution is -2.55. The number of hydrogen-bond donors (Lipinski definition) is 0. The number of likely N-dealkylation sites (tertiary alicyclic amines) is 1. The van der Waals surface area contributed by atoms with Gasteiger partial charge in [-0.1, -0.05) is 24.3 Å². The molecule has 0 N–H and O–H groups in total. The Hall–Kier alpha value is -2.24. The van der Waals surface area contributed by atoms with Crippen LogP contribution in [0.5, 0.6) is 11.5 Å². The quantitative estimate of drug-likeness (QED) is 0.795. The summed E-state index contributed by atoms with van der Waals surface area (Å²) in [5, 5.41) is 0. The average molecular weight is 394 g/mol. The molecule has 0 aromatic heterocycles. The third-order valence-electron chi connectivity index (χ3n) is 6.45. The van der Waals surface area contributed by atoms with Crippen LogP contribution in [0.3, 0.4) is 0 Å². The van der Waals surface area contributed by atoms with E-state index in [1.54, 1.807) is 0 Å². The standard InChI is InChI=1S/C24H31N3O2/c1-2-5-21(6-3-1)26-11-13-27(14-12-26)22-7-4-10-25(19-22)18-20-8-9-23-24(17-20)29-16-15-28-23/h1-3,5-6,8-9,17,22H,4,7,10-16,18-19H2/t22-/m1/s1. The highest BCUT2D eigenvalue weighted by Gasteiger charge is 2.28. The van der Waals surface area contributed by atoms with Gasteiger partial charge in [0.25, 0.3) is 0 Å². The first kappa shape index (κ1) is 18.8. The van der Waals surface area contributed by atoms with Crippen molar-refractivity contribution in [3.05, 3.63) is 54.1 Å². The van der Waals surface area contributed by atoms with Gasteiger partial charge in [0.2, 0.25) is 0 Å². The SMILES string of the molecule is c1ccc(N2CCN([C@@H]3CCCN(Cc4ccc5c(c4)OCCO5)C3)CC2)cc1. The first-order chi connectivity index (χ1) is 14.3. The van der Waals surface area contributed by atoms with Crippen molar-refractivity contribution in [1.29, 1.82) is 0 Å². The number of para-hydroxylation sites is 1. The smallest absolute Gasteiger partial charge is 0.161 e. The molecule has 2 saturated heterocycles. The summed E-state index contributed by atoms with van der Waals surface area (Å²) >= 11 is 0. The van der Waals surface area contributed by atoms with E-state index in [1.807, 2.05) is 0 Å². The Bertz CT molecular complexity index is 805. The molecule has 2 fully saturated rings. The molecule has 0 radical (unpaired) electrons. The number of nitrogens with zero attached hydrogens (tertiary/aromatic N) is 3. The lowest BCUT2D eigenvalue weighted by Gasteiger charge is -2.44. The van der Waals surface area contributed by atoms with Gasteiger partial charge in [0.05, 0.1) is 0 Å². The largest absolute Gasteiger partial charge is 0.486 e. The molecule has 29 heavy (non-hydrogen) atoms. The fourth-order valence-electron chi connectivity index (χ4n) is 4.90. The van der Waals surface area contributed by atoms with E-state index in [2.05, 4.69) is 63.2 Å². The molecule has 0 spiro atoms. The van der Waals surface area contributed by atoms with Crippen LogP contribution < -0.4 is 14.4 Å². The van der Waals surface area contributed by atoms with Gasteiger partial charge in [0.15, 0.2) is 11.5 Å². The van der Waals surface area contributed by atoms with Crippen LogP contribution >= 0.6 is 0 Å². The minimum absolute atomic E-state index is 0.650. The fraction of sp³-hybridized carbons (Fsp3) is 0.500. The summed E-state index contributed by atoms with van der Waals surface area (Å²) in [5.41, 5.74) is 2.68. The van der Waals surface area contributed by atoms with Gasteiger partial charge in [-0.2, -0.15) is 0 Å². The minimum atomic E-state index is 0.650. The van der Waals surface area contributed by atoms with Gasteiger partial charge in [-0.3, -0.25) is 9.80 Å². The average Bonchev–Trinajstić information content (AvgIpc) is 2.80. The molecule has 154 valence electrons. The Morgan fingerprint density at radius 3 is 2.45 bits per heavy atom. The van der Waals surface area contributed by atoms with Crippen LogP contribution in [-0.2, 0) is 6.54 Å². The van der Waals surface area contributed by atoms with Gasteiger partial charge in [0.1, 0.15) is 13.2 Å². The zero-order chi connectivity index (χ0) is 19.5. The molecule has 3 aliphatic rings. The Morgan fingerprint density at radius 1 is 0.828 bits per heavy atom. The fourth-order valence-corrected chi connectivity index (χ4v) is 4.90. The lowest BCUT2D eigenvalue weighted by atomic mass is 10.0. The molecule has 5 heteroatoms. The Balaban J connectivity index is 1.16. The van der Waals surface area contributed by atoms with E-state index in [-0.39, 0.29) is 0 Å². The normalized spacial score (nSPS) is 23.2. The molecule has 0 amide bonds. The first-order valence-electron chi connectivity index (χ1n) is 11.0. The second kappa shape index (κ2) is 8.64. The van der Waals surface area contributed by atoms with Crippen molar-refractivity contribution in [3.63, 3.8) is 0 Å². The maximum Gasteiger partial charge on any atom is 0.161 e. The van der Waals surface area contributed by atoms with Crippen molar-refractivity contribution >= 4 is 5.69 Å². The molecule has 0 aliphatic carbocycles. The topological polar surface area (TPSA) is 28.2 Å². The number of ether oxygens (including phenoxy) is 2. The molecule has 0 saturated carbocycles. The van der Waals surface area contributed by atoms with Crippen LogP contribution in [0, 0.1) is 0 Å². The number of piperidine rings is 1. The van der Waals surface area contributed by atoms with E-state index in [1.165, 1.54) is 37.2 Å². The predicted octanol–water partition coefficient (Wildman–Crippen LogP) is 3.24.